The molecular weight excluding hydrogens is 327 g/mol. The van der Waals surface area contributed by atoms with Crippen LogP contribution in [0.15, 0.2) is 0 Å². The SMILES string of the molecule is CCC1(C)C2CC(CC2C)C1(C)C.CSI. The number of halogens is 1. The van der Waals surface area contributed by atoms with Crippen molar-refractivity contribution in [2.24, 2.45) is 28.6 Å². The quantitative estimate of drug-likeness (QED) is 0.536. The normalized spacial score (nSPS) is 44.1. The van der Waals surface area contributed by atoms with E-state index in [0.29, 0.717) is 10.8 Å². The minimum absolute atomic E-state index is 0.596. The van der Waals surface area contributed by atoms with E-state index < -0.39 is 0 Å². The van der Waals surface area contributed by atoms with Gasteiger partial charge in [0.15, 0.2) is 0 Å². The molecule has 2 fully saturated rings. The number of hydrogen-bond acceptors (Lipinski definition) is 1. The molecule has 0 nitrogen and oxygen atoms in total. The van der Waals surface area contributed by atoms with Gasteiger partial charge in [0.1, 0.15) is 0 Å². The van der Waals surface area contributed by atoms with E-state index in [1.165, 1.54) is 19.3 Å². The van der Waals surface area contributed by atoms with E-state index in [-0.39, 0.29) is 0 Å². The molecule has 2 heteroatoms. The van der Waals surface area contributed by atoms with Gasteiger partial charge >= 0.3 is 0 Å². The van der Waals surface area contributed by atoms with Gasteiger partial charge in [-0.05, 0) is 75.3 Å². The van der Waals surface area contributed by atoms with Crippen LogP contribution in [-0.2, 0) is 0 Å². The van der Waals surface area contributed by atoms with Gasteiger partial charge in [-0.2, -0.15) is 0 Å². The lowest BCUT2D eigenvalue weighted by Crippen LogP contribution is -2.42. The zero-order chi connectivity index (χ0) is 12.6. The standard InChI is InChI=1S/C13H24.CH3IS/c1-6-13(5)11-8-10(7-9(11)2)12(13,3)4;1-3-2/h9-11H,6-8H2,1-5H3;1H3. The maximum atomic E-state index is 2.54. The van der Waals surface area contributed by atoms with E-state index in [0.717, 1.165) is 17.8 Å². The largest absolute Gasteiger partial charge is 0.0928 e. The van der Waals surface area contributed by atoms with E-state index in [1.807, 2.05) is 6.26 Å². The lowest BCUT2D eigenvalue weighted by Gasteiger charge is -2.49. The fraction of sp³-hybridized carbons (Fsp3) is 1.00. The van der Waals surface area contributed by atoms with Crippen molar-refractivity contribution in [3.05, 3.63) is 0 Å². The third-order valence-corrected chi connectivity index (χ3v) is 5.93. The van der Waals surface area contributed by atoms with Crippen molar-refractivity contribution < 1.29 is 0 Å². The third kappa shape index (κ3) is 2.17. The molecule has 2 aliphatic carbocycles. The van der Waals surface area contributed by atoms with Gasteiger partial charge in [-0.15, -0.1) is 0 Å². The predicted octanol–water partition coefficient (Wildman–Crippen LogP) is 5.80. The Labute approximate surface area is 118 Å². The van der Waals surface area contributed by atoms with Crippen LogP contribution in [0.5, 0.6) is 0 Å². The molecule has 4 unspecified atom stereocenters. The summed E-state index contributed by atoms with van der Waals surface area (Å²) in [7, 11) is 1.72. The minimum Gasteiger partial charge on any atom is -0.0928 e. The van der Waals surface area contributed by atoms with Crippen molar-refractivity contribution in [2.45, 2.75) is 53.9 Å². The van der Waals surface area contributed by atoms with Crippen molar-refractivity contribution >= 4 is 30.1 Å². The maximum Gasteiger partial charge on any atom is -0.00450 e. The molecule has 0 aromatic carbocycles. The first-order valence-electron chi connectivity index (χ1n) is 6.49. The van der Waals surface area contributed by atoms with Gasteiger partial charge in [-0.1, -0.05) is 43.6 Å². The van der Waals surface area contributed by atoms with E-state index in [2.05, 4.69) is 55.8 Å². The van der Waals surface area contributed by atoms with Crippen LogP contribution in [0.3, 0.4) is 0 Å². The smallest absolute Gasteiger partial charge is 0.00450 e. The Bertz CT molecular complexity index is 239. The maximum absolute atomic E-state index is 2.54. The first-order valence-corrected chi connectivity index (χ1v) is 10.3. The van der Waals surface area contributed by atoms with Crippen LogP contribution in [0.4, 0.5) is 0 Å². The molecule has 0 aromatic rings. The second-order valence-electron chi connectivity index (χ2n) is 6.40. The summed E-state index contributed by atoms with van der Waals surface area (Å²) < 4.78 is 0. The van der Waals surface area contributed by atoms with Crippen molar-refractivity contribution in [2.75, 3.05) is 6.26 Å². The summed E-state index contributed by atoms with van der Waals surface area (Å²) in [5.74, 6) is 3.01. The molecule has 0 spiro atoms. The molecule has 16 heavy (non-hydrogen) atoms. The molecule has 2 rings (SSSR count). The highest BCUT2D eigenvalue weighted by molar-refractivity contribution is 14.2. The first-order chi connectivity index (χ1) is 7.35. The third-order valence-electron chi connectivity index (χ3n) is 5.93. The second-order valence-corrected chi connectivity index (χ2v) is 9.35. The van der Waals surface area contributed by atoms with Crippen molar-refractivity contribution in [3.8, 4) is 0 Å². The second kappa shape index (κ2) is 5.38. The van der Waals surface area contributed by atoms with Crippen LogP contribution in [-0.4, -0.2) is 6.26 Å². The predicted molar refractivity (Wildman–Crippen MR) is 85.1 cm³/mol. The molecule has 96 valence electrons. The Morgan fingerprint density at radius 1 is 1.25 bits per heavy atom. The van der Waals surface area contributed by atoms with Crippen molar-refractivity contribution in [1.29, 1.82) is 0 Å². The van der Waals surface area contributed by atoms with Gasteiger partial charge in [-0.25, -0.2) is 0 Å². The van der Waals surface area contributed by atoms with Crippen LogP contribution in [0.2, 0.25) is 0 Å². The van der Waals surface area contributed by atoms with Crippen LogP contribution in [0.25, 0.3) is 0 Å². The van der Waals surface area contributed by atoms with Crippen LogP contribution in [0.1, 0.15) is 53.9 Å². The monoisotopic (exact) mass is 354 g/mol. The minimum atomic E-state index is 0.596. The van der Waals surface area contributed by atoms with Crippen LogP contribution in [0, 0.1) is 28.6 Å². The van der Waals surface area contributed by atoms with E-state index in [9.17, 15) is 0 Å². The molecule has 0 N–H and O–H groups in total. The van der Waals surface area contributed by atoms with Gasteiger partial charge in [0, 0.05) is 0 Å². The summed E-state index contributed by atoms with van der Waals surface area (Å²) in [4.78, 5) is 0. The van der Waals surface area contributed by atoms with E-state index in [4.69, 9.17) is 0 Å². The summed E-state index contributed by atoms with van der Waals surface area (Å²) in [6.07, 6.45) is 6.40. The Morgan fingerprint density at radius 3 is 2.06 bits per heavy atom. The van der Waals surface area contributed by atoms with Gasteiger partial charge in [0.2, 0.25) is 0 Å². The van der Waals surface area contributed by atoms with Gasteiger partial charge in [-0.3, -0.25) is 0 Å². The molecule has 4 atom stereocenters. The highest BCUT2D eigenvalue weighted by Gasteiger charge is 2.61. The first kappa shape index (κ1) is 15.1. The highest BCUT2D eigenvalue weighted by atomic mass is 127. The molecule has 2 saturated carbocycles. The number of hydrogen-bond donors (Lipinski definition) is 0. The average Bonchev–Trinajstić information content (AvgIpc) is 2.67. The van der Waals surface area contributed by atoms with Crippen LogP contribution >= 0.6 is 30.1 Å². The van der Waals surface area contributed by atoms with E-state index in [1.54, 1.807) is 8.93 Å². The zero-order valence-corrected chi connectivity index (χ0v) is 14.6. The molecule has 2 aliphatic rings. The summed E-state index contributed by atoms with van der Waals surface area (Å²) in [5.41, 5.74) is 1.22. The molecule has 0 aliphatic heterocycles. The Balaban J connectivity index is 0.000000386. The van der Waals surface area contributed by atoms with Crippen molar-refractivity contribution in [1.82, 2.24) is 0 Å². The summed E-state index contributed by atoms with van der Waals surface area (Å²) in [6.45, 7) is 12.4. The molecular formula is C14H27IS. The van der Waals surface area contributed by atoms with Gasteiger partial charge in [0.05, 0.1) is 0 Å². The molecule has 2 bridgehead atoms. The topological polar surface area (TPSA) is 0 Å². The molecule has 0 saturated heterocycles. The lowest BCUT2D eigenvalue weighted by molar-refractivity contribution is -0.00807. The summed E-state index contributed by atoms with van der Waals surface area (Å²) >= 11 is 2.20. The molecule has 0 aromatic heterocycles. The number of fused-ring (bicyclic) bond motifs is 2. The lowest BCUT2D eigenvalue weighted by atomic mass is 9.55. The molecule has 0 heterocycles. The molecule has 0 amide bonds. The Hall–Kier alpha value is 1.08. The average molecular weight is 354 g/mol. The van der Waals surface area contributed by atoms with Gasteiger partial charge < -0.3 is 0 Å². The highest BCUT2D eigenvalue weighted by Crippen LogP contribution is 2.68. The van der Waals surface area contributed by atoms with Gasteiger partial charge in [0.25, 0.3) is 0 Å². The fourth-order valence-electron chi connectivity index (χ4n) is 4.39. The van der Waals surface area contributed by atoms with Crippen molar-refractivity contribution in [3.63, 3.8) is 0 Å². The number of rotatable bonds is 1. The van der Waals surface area contributed by atoms with E-state index >= 15 is 0 Å². The fourth-order valence-corrected chi connectivity index (χ4v) is 4.39. The molecule has 0 radical (unpaired) electrons. The Morgan fingerprint density at radius 2 is 1.75 bits per heavy atom. The summed E-state index contributed by atoms with van der Waals surface area (Å²) in [5, 5.41) is 0. The zero-order valence-electron chi connectivity index (χ0n) is 11.6. The van der Waals surface area contributed by atoms with Crippen LogP contribution < -0.4 is 0 Å². The Kier molecular flexibility index (Phi) is 5.09. The summed E-state index contributed by atoms with van der Waals surface area (Å²) in [6, 6.07) is 0.